The number of aromatic nitrogens is 1. The van der Waals surface area contributed by atoms with Crippen LogP contribution in [0.2, 0.25) is 0 Å². The van der Waals surface area contributed by atoms with Crippen LogP contribution in [0, 0.1) is 21.7 Å². The van der Waals surface area contributed by atoms with Gasteiger partial charge in [0.05, 0.1) is 27.9 Å². The molecule has 4 N–H and O–H groups in total. The standard InChI is InChI=1S/C21H17F2N5O4/c1-11(16-4-2-3-7-25-16)26-17-6-5-12(8-19(17)28(31)32)21(30)27-18-9-13(20(24)29)14(22)10-15(18)23/h2-11,26H,1H3,(H2,24,29)(H,27,30). The monoisotopic (exact) mass is 441 g/mol. The molecule has 0 bridgehead atoms. The average Bonchev–Trinajstić information content (AvgIpc) is 2.75. The Morgan fingerprint density at radius 3 is 2.47 bits per heavy atom. The summed E-state index contributed by atoms with van der Waals surface area (Å²) in [5, 5.41) is 16.7. The van der Waals surface area contributed by atoms with Gasteiger partial charge in [-0.3, -0.25) is 24.7 Å². The highest BCUT2D eigenvalue weighted by Gasteiger charge is 2.21. The minimum Gasteiger partial charge on any atom is -0.371 e. The molecule has 1 aromatic heterocycles. The maximum absolute atomic E-state index is 14.0. The normalized spacial score (nSPS) is 11.5. The zero-order valence-corrected chi connectivity index (χ0v) is 16.6. The van der Waals surface area contributed by atoms with Crippen LogP contribution < -0.4 is 16.4 Å². The van der Waals surface area contributed by atoms with E-state index in [9.17, 15) is 28.5 Å². The molecule has 32 heavy (non-hydrogen) atoms. The second kappa shape index (κ2) is 9.16. The number of amides is 2. The fraction of sp³-hybridized carbons (Fsp3) is 0.0952. The fourth-order valence-electron chi connectivity index (χ4n) is 2.91. The summed E-state index contributed by atoms with van der Waals surface area (Å²) in [5.41, 5.74) is 4.16. The van der Waals surface area contributed by atoms with Crippen molar-refractivity contribution in [3.8, 4) is 0 Å². The van der Waals surface area contributed by atoms with E-state index in [1.807, 2.05) is 0 Å². The Morgan fingerprint density at radius 1 is 1.09 bits per heavy atom. The number of nitrogens with one attached hydrogen (secondary N) is 2. The molecule has 1 heterocycles. The van der Waals surface area contributed by atoms with Gasteiger partial charge in [0.25, 0.3) is 17.5 Å². The summed E-state index contributed by atoms with van der Waals surface area (Å²) in [7, 11) is 0. The van der Waals surface area contributed by atoms with Crippen LogP contribution in [0.1, 0.15) is 39.4 Å². The zero-order chi connectivity index (χ0) is 23.4. The lowest BCUT2D eigenvalue weighted by Gasteiger charge is -2.15. The van der Waals surface area contributed by atoms with Gasteiger partial charge in [-0.15, -0.1) is 0 Å². The van der Waals surface area contributed by atoms with E-state index in [2.05, 4.69) is 15.6 Å². The number of hydrogen-bond donors (Lipinski definition) is 3. The van der Waals surface area contributed by atoms with Crippen molar-refractivity contribution < 1.29 is 23.3 Å². The average molecular weight is 441 g/mol. The van der Waals surface area contributed by atoms with Crippen molar-refractivity contribution in [3.05, 3.63) is 93.3 Å². The molecule has 164 valence electrons. The van der Waals surface area contributed by atoms with E-state index in [4.69, 9.17) is 5.73 Å². The predicted molar refractivity (Wildman–Crippen MR) is 112 cm³/mol. The summed E-state index contributed by atoms with van der Waals surface area (Å²) in [6, 6.07) is 9.71. The van der Waals surface area contributed by atoms with Crippen LogP contribution >= 0.6 is 0 Å². The minimum atomic E-state index is -1.18. The molecule has 3 rings (SSSR count). The van der Waals surface area contributed by atoms with Crippen LogP contribution in [0.4, 0.5) is 25.8 Å². The van der Waals surface area contributed by atoms with E-state index in [1.54, 1.807) is 31.3 Å². The highest BCUT2D eigenvalue weighted by molar-refractivity contribution is 6.06. The summed E-state index contributed by atoms with van der Waals surface area (Å²) in [4.78, 5) is 38.8. The largest absolute Gasteiger partial charge is 0.371 e. The summed E-state index contributed by atoms with van der Waals surface area (Å²) >= 11 is 0. The van der Waals surface area contributed by atoms with E-state index < -0.39 is 45.3 Å². The summed E-state index contributed by atoms with van der Waals surface area (Å²) in [6.45, 7) is 1.76. The van der Waals surface area contributed by atoms with Gasteiger partial charge in [0.1, 0.15) is 17.3 Å². The molecule has 3 aromatic rings. The maximum atomic E-state index is 14.0. The number of hydrogen-bond acceptors (Lipinski definition) is 6. The Labute approximate surface area is 180 Å². The molecule has 9 nitrogen and oxygen atoms in total. The van der Waals surface area contributed by atoms with Gasteiger partial charge >= 0.3 is 0 Å². The van der Waals surface area contributed by atoms with Gasteiger partial charge in [0, 0.05) is 23.9 Å². The zero-order valence-electron chi connectivity index (χ0n) is 16.6. The number of benzene rings is 2. The lowest BCUT2D eigenvalue weighted by molar-refractivity contribution is -0.384. The molecule has 0 aliphatic carbocycles. The first-order valence-electron chi connectivity index (χ1n) is 9.23. The highest BCUT2D eigenvalue weighted by atomic mass is 19.1. The number of pyridine rings is 1. The third kappa shape index (κ3) is 4.83. The van der Waals surface area contributed by atoms with Gasteiger partial charge in [0.15, 0.2) is 0 Å². The molecule has 0 aliphatic rings. The van der Waals surface area contributed by atoms with Crippen LogP contribution in [0.5, 0.6) is 0 Å². The van der Waals surface area contributed by atoms with Crippen molar-refractivity contribution in [2.75, 3.05) is 10.6 Å². The first kappa shape index (κ1) is 22.3. The quantitative estimate of drug-likeness (QED) is 0.376. The van der Waals surface area contributed by atoms with Gasteiger partial charge in [-0.1, -0.05) is 6.07 Å². The number of nitrogens with zero attached hydrogens (tertiary/aromatic N) is 2. The molecule has 2 aromatic carbocycles. The van der Waals surface area contributed by atoms with E-state index in [0.717, 1.165) is 12.1 Å². The number of rotatable bonds is 7. The number of primary amides is 1. The molecule has 0 fully saturated rings. The van der Waals surface area contributed by atoms with Crippen molar-refractivity contribution in [2.45, 2.75) is 13.0 Å². The van der Waals surface area contributed by atoms with Crippen molar-refractivity contribution in [2.24, 2.45) is 5.73 Å². The van der Waals surface area contributed by atoms with Gasteiger partial charge in [-0.2, -0.15) is 0 Å². The van der Waals surface area contributed by atoms with Crippen molar-refractivity contribution in [1.82, 2.24) is 4.98 Å². The van der Waals surface area contributed by atoms with Crippen LogP contribution in [-0.2, 0) is 0 Å². The summed E-state index contributed by atoms with van der Waals surface area (Å²) in [5.74, 6) is -4.37. The van der Waals surface area contributed by atoms with Crippen molar-refractivity contribution >= 4 is 28.9 Å². The van der Waals surface area contributed by atoms with Crippen LogP contribution in [0.25, 0.3) is 0 Å². The molecule has 1 unspecified atom stereocenters. The molecular weight excluding hydrogens is 424 g/mol. The van der Waals surface area contributed by atoms with Crippen LogP contribution in [-0.4, -0.2) is 21.7 Å². The molecule has 0 spiro atoms. The number of nitrogens with two attached hydrogens (primary N) is 1. The van der Waals surface area contributed by atoms with Gasteiger partial charge < -0.3 is 16.4 Å². The number of carbonyl (C=O) groups excluding carboxylic acids is 2. The molecule has 0 radical (unpaired) electrons. The number of halogens is 2. The maximum Gasteiger partial charge on any atom is 0.293 e. The Morgan fingerprint density at radius 2 is 1.84 bits per heavy atom. The second-order valence-corrected chi connectivity index (χ2v) is 6.74. The van der Waals surface area contributed by atoms with Gasteiger partial charge in [-0.05, 0) is 37.3 Å². The van der Waals surface area contributed by atoms with Gasteiger partial charge in [0.2, 0.25) is 0 Å². The lowest BCUT2D eigenvalue weighted by atomic mass is 10.1. The summed E-state index contributed by atoms with van der Waals surface area (Å²) < 4.78 is 27.6. The number of nitro groups is 1. The number of carbonyl (C=O) groups is 2. The molecule has 2 amide bonds. The van der Waals surface area contributed by atoms with E-state index in [0.29, 0.717) is 11.8 Å². The van der Waals surface area contributed by atoms with Crippen molar-refractivity contribution in [3.63, 3.8) is 0 Å². The van der Waals surface area contributed by atoms with Crippen molar-refractivity contribution in [1.29, 1.82) is 0 Å². The Balaban J connectivity index is 1.87. The molecule has 0 aliphatic heterocycles. The highest BCUT2D eigenvalue weighted by Crippen LogP contribution is 2.29. The van der Waals surface area contributed by atoms with Gasteiger partial charge in [-0.25, -0.2) is 8.78 Å². The topological polar surface area (TPSA) is 140 Å². The second-order valence-electron chi connectivity index (χ2n) is 6.74. The minimum absolute atomic E-state index is 0.147. The third-order valence-corrected chi connectivity index (χ3v) is 4.53. The van der Waals surface area contributed by atoms with Crippen LogP contribution in [0.3, 0.4) is 0 Å². The first-order valence-corrected chi connectivity index (χ1v) is 9.23. The Hall–Kier alpha value is -4.41. The summed E-state index contributed by atoms with van der Waals surface area (Å²) in [6.07, 6.45) is 1.59. The molecule has 11 heteroatoms. The molecule has 1 atom stereocenters. The van der Waals surface area contributed by atoms with Crippen LogP contribution in [0.15, 0.2) is 54.7 Å². The SMILES string of the molecule is CC(Nc1ccc(C(=O)Nc2cc(C(N)=O)c(F)cc2F)cc1[N+](=O)[O-])c1ccccn1. The Kier molecular flexibility index (Phi) is 6.38. The smallest absolute Gasteiger partial charge is 0.293 e. The third-order valence-electron chi connectivity index (χ3n) is 4.53. The Bertz CT molecular complexity index is 1200. The number of anilines is 2. The molecule has 0 saturated heterocycles. The fourth-order valence-corrected chi connectivity index (χ4v) is 2.91. The first-order chi connectivity index (χ1) is 15.2. The number of nitro benzene ring substituents is 1. The molecule has 0 saturated carbocycles. The molecular formula is C21H17F2N5O4. The van der Waals surface area contributed by atoms with E-state index in [1.165, 1.54) is 12.1 Å². The van der Waals surface area contributed by atoms with E-state index >= 15 is 0 Å². The lowest BCUT2D eigenvalue weighted by Crippen LogP contribution is -2.17. The van der Waals surface area contributed by atoms with E-state index in [-0.39, 0.29) is 17.3 Å². The predicted octanol–water partition coefficient (Wildman–Crippen LogP) is 3.79.